The number of piperazine rings is 1. The molecule has 1 aromatic heterocycles. The number of nitrogens with zero attached hydrogens (tertiary/aromatic N) is 4. The molecule has 26 heavy (non-hydrogen) atoms. The highest BCUT2D eigenvalue weighted by Crippen LogP contribution is 2.32. The number of fused-ring (bicyclic) bond motifs is 1. The summed E-state index contributed by atoms with van der Waals surface area (Å²) in [7, 11) is 0. The molecule has 0 saturated carbocycles. The second-order valence-corrected chi connectivity index (χ2v) is 6.62. The highest BCUT2D eigenvalue weighted by atomic mass is 16.5. The van der Waals surface area contributed by atoms with E-state index in [1.165, 1.54) is 0 Å². The van der Waals surface area contributed by atoms with E-state index in [0.29, 0.717) is 19.8 Å². The van der Waals surface area contributed by atoms with E-state index >= 15 is 0 Å². The third-order valence-corrected chi connectivity index (χ3v) is 4.83. The van der Waals surface area contributed by atoms with Crippen molar-refractivity contribution in [2.24, 2.45) is 0 Å². The molecule has 3 heterocycles. The summed E-state index contributed by atoms with van der Waals surface area (Å²) in [5.41, 5.74) is 0.866. The molecule has 4 rings (SSSR count). The molecule has 1 saturated heterocycles. The van der Waals surface area contributed by atoms with E-state index in [0.717, 1.165) is 55.5 Å². The highest BCUT2D eigenvalue weighted by molar-refractivity contribution is 5.44. The molecule has 2 aliphatic heterocycles. The molecule has 1 aromatic carbocycles. The SMILES string of the molecule is OC(CN1CCN(c2cnccn2)CC1)c1ccc2c(c1)OCCCO2. The van der Waals surface area contributed by atoms with Crippen molar-refractivity contribution in [3.8, 4) is 11.5 Å². The van der Waals surface area contributed by atoms with Crippen LogP contribution in [-0.2, 0) is 0 Å². The van der Waals surface area contributed by atoms with Crippen LogP contribution in [0.2, 0.25) is 0 Å². The first-order chi connectivity index (χ1) is 12.8. The minimum atomic E-state index is -0.546. The third-order valence-electron chi connectivity index (χ3n) is 4.83. The van der Waals surface area contributed by atoms with Crippen LogP contribution < -0.4 is 14.4 Å². The van der Waals surface area contributed by atoms with Gasteiger partial charge in [0, 0.05) is 51.5 Å². The lowest BCUT2D eigenvalue weighted by atomic mass is 10.1. The Labute approximate surface area is 153 Å². The van der Waals surface area contributed by atoms with Crippen molar-refractivity contribution in [3.63, 3.8) is 0 Å². The van der Waals surface area contributed by atoms with Gasteiger partial charge in [-0.1, -0.05) is 6.07 Å². The Morgan fingerprint density at radius 1 is 1.04 bits per heavy atom. The van der Waals surface area contributed by atoms with Gasteiger partial charge in [0.05, 0.1) is 25.5 Å². The third kappa shape index (κ3) is 3.89. The van der Waals surface area contributed by atoms with Crippen molar-refractivity contribution in [1.29, 1.82) is 0 Å². The van der Waals surface area contributed by atoms with Crippen LogP contribution in [0, 0.1) is 0 Å². The molecular formula is C19H24N4O3. The maximum atomic E-state index is 10.7. The van der Waals surface area contributed by atoms with Gasteiger partial charge in [0.25, 0.3) is 0 Å². The normalized spacial score (nSPS) is 19.0. The van der Waals surface area contributed by atoms with E-state index in [1.807, 2.05) is 18.2 Å². The standard InChI is InChI=1S/C19H24N4O3/c24-16(15-2-3-17-18(12-15)26-11-1-10-25-17)14-22-6-8-23(9-7-22)19-13-20-4-5-21-19/h2-5,12-13,16,24H,1,6-11,14H2. The molecular weight excluding hydrogens is 332 g/mol. The summed E-state index contributed by atoms with van der Waals surface area (Å²) in [5.74, 6) is 2.40. The van der Waals surface area contributed by atoms with Crippen LogP contribution >= 0.6 is 0 Å². The number of rotatable bonds is 4. The smallest absolute Gasteiger partial charge is 0.161 e. The predicted octanol–water partition coefficient (Wildman–Crippen LogP) is 1.49. The molecule has 138 valence electrons. The first kappa shape index (κ1) is 17.1. The van der Waals surface area contributed by atoms with Crippen molar-refractivity contribution in [2.75, 3.05) is 50.8 Å². The van der Waals surface area contributed by atoms with Crippen LogP contribution in [-0.4, -0.2) is 65.9 Å². The van der Waals surface area contributed by atoms with Gasteiger partial charge in [-0.05, 0) is 17.7 Å². The number of ether oxygens (including phenoxy) is 2. The number of benzene rings is 1. The maximum absolute atomic E-state index is 10.7. The van der Waals surface area contributed by atoms with E-state index in [1.54, 1.807) is 18.6 Å². The molecule has 1 N–H and O–H groups in total. The molecule has 7 nitrogen and oxygen atoms in total. The molecule has 7 heteroatoms. The fourth-order valence-electron chi connectivity index (χ4n) is 3.35. The van der Waals surface area contributed by atoms with E-state index in [9.17, 15) is 5.11 Å². The fourth-order valence-corrected chi connectivity index (χ4v) is 3.35. The van der Waals surface area contributed by atoms with Crippen molar-refractivity contribution >= 4 is 5.82 Å². The fraction of sp³-hybridized carbons (Fsp3) is 0.474. The lowest BCUT2D eigenvalue weighted by Gasteiger charge is -2.36. The minimum Gasteiger partial charge on any atom is -0.490 e. The van der Waals surface area contributed by atoms with E-state index in [2.05, 4.69) is 19.8 Å². The highest BCUT2D eigenvalue weighted by Gasteiger charge is 2.22. The zero-order valence-corrected chi connectivity index (χ0v) is 14.8. The van der Waals surface area contributed by atoms with Crippen molar-refractivity contribution < 1.29 is 14.6 Å². The summed E-state index contributed by atoms with van der Waals surface area (Å²) in [4.78, 5) is 13.0. The van der Waals surface area contributed by atoms with Crippen LogP contribution in [0.4, 0.5) is 5.82 Å². The molecule has 0 spiro atoms. The predicted molar refractivity (Wildman–Crippen MR) is 97.7 cm³/mol. The number of β-amino-alcohol motifs (C(OH)–C–C–N with tert-alkyl or cyclic N) is 1. The number of aliphatic hydroxyl groups excluding tert-OH is 1. The Hall–Kier alpha value is -2.38. The first-order valence-electron chi connectivity index (χ1n) is 9.10. The summed E-state index contributed by atoms with van der Waals surface area (Å²) in [6.45, 7) is 5.46. The average molecular weight is 356 g/mol. The monoisotopic (exact) mass is 356 g/mol. The van der Waals surface area contributed by atoms with Gasteiger partial charge < -0.3 is 19.5 Å². The molecule has 0 aliphatic carbocycles. The van der Waals surface area contributed by atoms with Gasteiger partial charge in [-0.2, -0.15) is 0 Å². The van der Waals surface area contributed by atoms with Crippen LogP contribution in [0.15, 0.2) is 36.8 Å². The first-order valence-corrected chi connectivity index (χ1v) is 9.10. The van der Waals surface area contributed by atoms with Gasteiger partial charge >= 0.3 is 0 Å². The second-order valence-electron chi connectivity index (χ2n) is 6.62. The Balaban J connectivity index is 1.34. The average Bonchev–Trinajstić information content (AvgIpc) is 2.94. The molecule has 1 atom stereocenters. The summed E-state index contributed by atoms with van der Waals surface area (Å²) >= 11 is 0. The number of aliphatic hydroxyl groups is 1. The van der Waals surface area contributed by atoms with Crippen LogP contribution in [0.3, 0.4) is 0 Å². The quantitative estimate of drug-likeness (QED) is 0.890. The maximum Gasteiger partial charge on any atom is 0.161 e. The van der Waals surface area contributed by atoms with Gasteiger partial charge in [0.1, 0.15) is 5.82 Å². The molecule has 0 amide bonds. The number of hydrogen-bond donors (Lipinski definition) is 1. The summed E-state index contributed by atoms with van der Waals surface area (Å²) < 4.78 is 11.4. The molecule has 1 unspecified atom stereocenters. The zero-order chi connectivity index (χ0) is 17.8. The Kier molecular flexibility index (Phi) is 5.17. The number of aromatic nitrogens is 2. The van der Waals surface area contributed by atoms with E-state index in [4.69, 9.17) is 9.47 Å². The second kappa shape index (κ2) is 7.88. The number of anilines is 1. The summed E-state index contributed by atoms with van der Waals surface area (Å²) in [6, 6.07) is 5.72. The molecule has 2 aliphatic rings. The van der Waals surface area contributed by atoms with Crippen LogP contribution in [0.1, 0.15) is 18.1 Å². The Morgan fingerprint density at radius 3 is 2.62 bits per heavy atom. The largest absolute Gasteiger partial charge is 0.490 e. The van der Waals surface area contributed by atoms with Crippen molar-refractivity contribution in [3.05, 3.63) is 42.4 Å². The van der Waals surface area contributed by atoms with Gasteiger partial charge in [-0.25, -0.2) is 4.98 Å². The summed E-state index contributed by atoms with van der Waals surface area (Å²) in [6.07, 6.45) is 5.53. The van der Waals surface area contributed by atoms with Gasteiger partial charge in [0.15, 0.2) is 11.5 Å². The Morgan fingerprint density at radius 2 is 1.85 bits per heavy atom. The van der Waals surface area contributed by atoms with Gasteiger partial charge in [-0.3, -0.25) is 9.88 Å². The zero-order valence-electron chi connectivity index (χ0n) is 14.8. The van der Waals surface area contributed by atoms with E-state index in [-0.39, 0.29) is 0 Å². The molecule has 0 bridgehead atoms. The van der Waals surface area contributed by atoms with Crippen LogP contribution in [0.25, 0.3) is 0 Å². The topological polar surface area (TPSA) is 71.0 Å². The number of hydrogen-bond acceptors (Lipinski definition) is 7. The molecule has 0 radical (unpaired) electrons. The summed E-state index contributed by atoms with van der Waals surface area (Å²) in [5, 5.41) is 10.7. The van der Waals surface area contributed by atoms with E-state index < -0.39 is 6.10 Å². The lowest BCUT2D eigenvalue weighted by molar-refractivity contribution is 0.109. The minimum absolute atomic E-state index is 0.546. The van der Waals surface area contributed by atoms with Gasteiger partial charge in [-0.15, -0.1) is 0 Å². The molecule has 1 fully saturated rings. The van der Waals surface area contributed by atoms with Gasteiger partial charge in [0.2, 0.25) is 0 Å². The van der Waals surface area contributed by atoms with Crippen molar-refractivity contribution in [1.82, 2.24) is 14.9 Å². The van der Waals surface area contributed by atoms with Crippen LogP contribution in [0.5, 0.6) is 11.5 Å². The molecule has 2 aromatic rings. The Bertz CT molecular complexity index is 720. The lowest BCUT2D eigenvalue weighted by Crippen LogP contribution is -2.47. The van der Waals surface area contributed by atoms with Crippen molar-refractivity contribution in [2.45, 2.75) is 12.5 Å².